The predicted molar refractivity (Wildman–Crippen MR) is 68.1 cm³/mol. The summed E-state index contributed by atoms with van der Waals surface area (Å²) in [6.07, 6.45) is 0.465. The van der Waals surface area contributed by atoms with Gasteiger partial charge in [0.05, 0.1) is 11.1 Å². The SMILES string of the molecule is CC1OCCC1(O)CNCc1ccc(F)c(Cl)c1. The number of benzene rings is 1. The van der Waals surface area contributed by atoms with Crippen LogP contribution in [0.15, 0.2) is 18.2 Å². The van der Waals surface area contributed by atoms with Crippen molar-refractivity contribution in [1.29, 1.82) is 0 Å². The first kappa shape index (κ1) is 13.7. The van der Waals surface area contributed by atoms with E-state index >= 15 is 0 Å². The zero-order chi connectivity index (χ0) is 13.2. The van der Waals surface area contributed by atoms with E-state index in [0.29, 0.717) is 26.1 Å². The molecule has 0 saturated carbocycles. The molecule has 2 rings (SSSR count). The van der Waals surface area contributed by atoms with Gasteiger partial charge in [0.15, 0.2) is 0 Å². The lowest BCUT2D eigenvalue weighted by molar-refractivity contribution is -0.0262. The van der Waals surface area contributed by atoms with Gasteiger partial charge in [-0.05, 0) is 24.6 Å². The first-order valence-electron chi connectivity index (χ1n) is 6.00. The zero-order valence-corrected chi connectivity index (χ0v) is 11.0. The van der Waals surface area contributed by atoms with E-state index in [2.05, 4.69) is 5.32 Å². The molecular formula is C13H17ClFNO2. The van der Waals surface area contributed by atoms with Gasteiger partial charge >= 0.3 is 0 Å². The van der Waals surface area contributed by atoms with Crippen molar-refractivity contribution in [1.82, 2.24) is 5.32 Å². The van der Waals surface area contributed by atoms with Crippen LogP contribution in [0.2, 0.25) is 5.02 Å². The molecule has 0 aromatic heterocycles. The van der Waals surface area contributed by atoms with Gasteiger partial charge in [-0.15, -0.1) is 0 Å². The molecule has 5 heteroatoms. The Hall–Kier alpha value is -0.680. The summed E-state index contributed by atoms with van der Waals surface area (Å²) in [5.74, 6) is -0.420. The van der Waals surface area contributed by atoms with Crippen LogP contribution in [0.5, 0.6) is 0 Å². The van der Waals surface area contributed by atoms with Gasteiger partial charge in [-0.1, -0.05) is 17.7 Å². The van der Waals surface area contributed by atoms with Crippen molar-refractivity contribution in [3.63, 3.8) is 0 Å². The maximum Gasteiger partial charge on any atom is 0.141 e. The number of nitrogens with one attached hydrogen (secondary N) is 1. The van der Waals surface area contributed by atoms with Gasteiger partial charge in [-0.25, -0.2) is 4.39 Å². The average Bonchev–Trinajstić information content (AvgIpc) is 2.65. The number of hydrogen-bond donors (Lipinski definition) is 2. The normalized spacial score (nSPS) is 27.7. The van der Waals surface area contributed by atoms with Gasteiger partial charge in [-0.2, -0.15) is 0 Å². The van der Waals surface area contributed by atoms with Gasteiger partial charge in [0.2, 0.25) is 0 Å². The molecule has 0 bridgehead atoms. The van der Waals surface area contributed by atoms with E-state index in [-0.39, 0.29) is 11.1 Å². The maximum absolute atomic E-state index is 13.0. The van der Waals surface area contributed by atoms with E-state index in [1.807, 2.05) is 6.92 Å². The van der Waals surface area contributed by atoms with Gasteiger partial charge < -0.3 is 15.2 Å². The number of aliphatic hydroxyl groups is 1. The van der Waals surface area contributed by atoms with E-state index in [1.54, 1.807) is 12.1 Å². The van der Waals surface area contributed by atoms with Crippen molar-refractivity contribution in [2.24, 2.45) is 0 Å². The van der Waals surface area contributed by atoms with Crippen molar-refractivity contribution >= 4 is 11.6 Å². The fourth-order valence-corrected chi connectivity index (χ4v) is 2.28. The maximum atomic E-state index is 13.0. The largest absolute Gasteiger partial charge is 0.386 e. The molecule has 0 amide bonds. The van der Waals surface area contributed by atoms with Crippen molar-refractivity contribution < 1.29 is 14.2 Å². The molecule has 1 aromatic carbocycles. The minimum Gasteiger partial charge on any atom is -0.386 e. The molecule has 1 saturated heterocycles. The van der Waals surface area contributed by atoms with Crippen molar-refractivity contribution in [3.8, 4) is 0 Å². The van der Waals surface area contributed by atoms with Crippen LogP contribution in [0.3, 0.4) is 0 Å². The Bertz CT molecular complexity index is 429. The Morgan fingerprint density at radius 1 is 1.61 bits per heavy atom. The van der Waals surface area contributed by atoms with Gasteiger partial charge in [0, 0.05) is 26.1 Å². The molecule has 2 atom stereocenters. The Morgan fingerprint density at radius 2 is 2.39 bits per heavy atom. The lowest BCUT2D eigenvalue weighted by Crippen LogP contribution is -2.45. The highest BCUT2D eigenvalue weighted by atomic mass is 35.5. The summed E-state index contributed by atoms with van der Waals surface area (Å²) in [4.78, 5) is 0. The second-order valence-electron chi connectivity index (χ2n) is 4.72. The van der Waals surface area contributed by atoms with E-state index < -0.39 is 11.4 Å². The van der Waals surface area contributed by atoms with Crippen LogP contribution in [0, 0.1) is 5.82 Å². The van der Waals surface area contributed by atoms with Crippen molar-refractivity contribution in [3.05, 3.63) is 34.6 Å². The summed E-state index contributed by atoms with van der Waals surface area (Å²) in [5.41, 5.74) is 0.0701. The molecule has 2 N–H and O–H groups in total. The van der Waals surface area contributed by atoms with Crippen LogP contribution >= 0.6 is 11.6 Å². The predicted octanol–water partition coefficient (Wildman–Crippen LogP) is 2.11. The fourth-order valence-electron chi connectivity index (χ4n) is 2.08. The molecule has 1 aliphatic rings. The molecule has 2 unspecified atom stereocenters. The van der Waals surface area contributed by atoms with E-state index in [4.69, 9.17) is 16.3 Å². The average molecular weight is 274 g/mol. The van der Waals surface area contributed by atoms with Crippen molar-refractivity contribution in [2.75, 3.05) is 13.2 Å². The zero-order valence-electron chi connectivity index (χ0n) is 10.2. The fraction of sp³-hybridized carbons (Fsp3) is 0.538. The van der Waals surface area contributed by atoms with E-state index in [1.165, 1.54) is 6.07 Å². The second-order valence-corrected chi connectivity index (χ2v) is 5.13. The van der Waals surface area contributed by atoms with Gasteiger partial charge in [0.1, 0.15) is 11.4 Å². The van der Waals surface area contributed by atoms with Crippen LogP contribution in [0.25, 0.3) is 0 Å². The standard InChI is InChI=1S/C13H17ClFNO2/c1-9-13(17,4-5-18-9)8-16-7-10-2-3-12(15)11(14)6-10/h2-3,6,9,16-17H,4-5,7-8H2,1H3. The molecule has 1 heterocycles. The quantitative estimate of drug-likeness (QED) is 0.883. The van der Waals surface area contributed by atoms with Crippen molar-refractivity contribution in [2.45, 2.75) is 31.6 Å². The molecule has 0 aliphatic carbocycles. The molecule has 0 radical (unpaired) electrons. The van der Waals surface area contributed by atoms with Crippen LogP contribution in [-0.2, 0) is 11.3 Å². The first-order valence-corrected chi connectivity index (χ1v) is 6.38. The van der Waals surface area contributed by atoms with Crippen LogP contribution in [0.1, 0.15) is 18.9 Å². The third kappa shape index (κ3) is 3.01. The molecule has 100 valence electrons. The Balaban J connectivity index is 1.86. The van der Waals surface area contributed by atoms with E-state index in [0.717, 1.165) is 5.56 Å². The highest BCUT2D eigenvalue weighted by Gasteiger charge is 2.38. The third-order valence-electron chi connectivity index (χ3n) is 3.40. The lowest BCUT2D eigenvalue weighted by Gasteiger charge is -2.26. The second kappa shape index (κ2) is 5.53. The minimum atomic E-state index is -0.816. The highest BCUT2D eigenvalue weighted by Crippen LogP contribution is 2.25. The summed E-state index contributed by atoms with van der Waals surface area (Å²) in [6.45, 7) is 3.43. The molecular weight excluding hydrogens is 257 g/mol. The monoisotopic (exact) mass is 273 g/mol. The Morgan fingerprint density at radius 3 is 3.00 bits per heavy atom. The molecule has 1 fully saturated rings. The molecule has 0 spiro atoms. The molecule has 1 aromatic rings. The molecule has 1 aliphatic heterocycles. The summed E-state index contributed by atoms with van der Waals surface area (Å²) in [5, 5.41) is 13.5. The third-order valence-corrected chi connectivity index (χ3v) is 3.69. The van der Waals surface area contributed by atoms with Crippen LogP contribution < -0.4 is 5.32 Å². The van der Waals surface area contributed by atoms with Crippen LogP contribution in [-0.4, -0.2) is 30.0 Å². The first-order chi connectivity index (χ1) is 8.51. The number of rotatable bonds is 4. The summed E-state index contributed by atoms with van der Waals surface area (Å²) in [6, 6.07) is 4.60. The summed E-state index contributed by atoms with van der Waals surface area (Å²) >= 11 is 5.70. The van der Waals surface area contributed by atoms with Crippen LogP contribution in [0.4, 0.5) is 4.39 Å². The Kier molecular flexibility index (Phi) is 4.22. The number of ether oxygens (including phenoxy) is 1. The van der Waals surface area contributed by atoms with Gasteiger partial charge in [-0.3, -0.25) is 0 Å². The molecule has 3 nitrogen and oxygen atoms in total. The smallest absolute Gasteiger partial charge is 0.141 e. The van der Waals surface area contributed by atoms with Gasteiger partial charge in [0.25, 0.3) is 0 Å². The Labute approximate surface area is 111 Å². The summed E-state index contributed by atoms with van der Waals surface area (Å²) in [7, 11) is 0. The lowest BCUT2D eigenvalue weighted by atomic mass is 9.96. The number of hydrogen-bond acceptors (Lipinski definition) is 3. The minimum absolute atomic E-state index is 0.116. The highest BCUT2D eigenvalue weighted by molar-refractivity contribution is 6.30. The van der Waals surface area contributed by atoms with E-state index in [9.17, 15) is 9.50 Å². The summed E-state index contributed by atoms with van der Waals surface area (Å²) < 4.78 is 18.3. The topological polar surface area (TPSA) is 41.5 Å². The molecule has 18 heavy (non-hydrogen) atoms. The number of halogens is 2.